The third-order valence-electron chi connectivity index (χ3n) is 2.86. The van der Waals surface area contributed by atoms with Crippen LogP contribution < -0.4 is 0 Å². The van der Waals surface area contributed by atoms with Crippen LogP contribution in [0.25, 0.3) is 11.1 Å². The highest BCUT2D eigenvalue weighted by atomic mass is 19.4. The highest BCUT2D eigenvalue weighted by Crippen LogP contribution is 2.32. The van der Waals surface area contributed by atoms with Crippen LogP contribution in [0, 0.1) is 5.92 Å². The van der Waals surface area contributed by atoms with Gasteiger partial charge in [0, 0.05) is 6.42 Å². The largest absolute Gasteiger partial charge is 0.469 e. The van der Waals surface area contributed by atoms with Crippen LogP contribution in [0.2, 0.25) is 0 Å². The first kappa shape index (κ1) is 14.4. The zero-order chi connectivity index (χ0) is 14.8. The van der Waals surface area contributed by atoms with Gasteiger partial charge in [-0.3, -0.25) is 4.79 Å². The lowest BCUT2D eigenvalue weighted by Gasteiger charge is -2.17. The summed E-state index contributed by atoms with van der Waals surface area (Å²) in [6.45, 7) is 0. The lowest BCUT2D eigenvalue weighted by atomic mass is 10.0. The molecule has 1 aromatic carbocycles. The second-order valence-corrected chi connectivity index (χ2v) is 4.30. The maximum Gasteiger partial charge on any atom is 0.392 e. The van der Waals surface area contributed by atoms with Crippen molar-refractivity contribution in [2.75, 3.05) is 7.11 Å². The molecule has 0 aliphatic rings. The van der Waals surface area contributed by atoms with E-state index in [-0.39, 0.29) is 5.89 Å². The van der Waals surface area contributed by atoms with Gasteiger partial charge in [-0.15, -0.1) is 0 Å². The number of rotatable bonds is 4. The maximum atomic E-state index is 12.9. The second kappa shape index (κ2) is 5.52. The van der Waals surface area contributed by atoms with Gasteiger partial charge in [-0.05, 0) is 12.1 Å². The fourth-order valence-electron chi connectivity index (χ4n) is 1.81. The molecule has 0 aliphatic carbocycles. The zero-order valence-electron chi connectivity index (χ0n) is 10.6. The van der Waals surface area contributed by atoms with E-state index in [0.717, 1.165) is 7.11 Å². The number of halogens is 3. The van der Waals surface area contributed by atoms with E-state index in [0.29, 0.717) is 11.1 Å². The first-order chi connectivity index (χ1) is 9.40. The number of ether oxygens (including phenoxy) is 1. The average molecular weight is 287 g/mol. The molecule has 1 heterocycles. The quantitative estimate of drug-likeness (QED) is 0.811. The summed E-state index contributed by atoms with van der Waals surface area (Å²) in [6.07, 6.45) is -5.76. The minimum absolute atomic E-state index is 0.0440. The van der Waals surface area contributed by atoms with E-state index in [1.54, 1.807) is 24.3 Å². The molecule has 0 spiro atoms. The van der Waals surface area contributed by atoms with E-state index in [1.165, 1.54) is 0 Å². The molecule has 0 bridgehead atoms. The number of alkyl halides is 3. The second-order valence-electron chi connectivity index (χ2n) is 4.30. The SMILES string of the molecule is COC(=O)C[C@@H](Cc1nc2ccccc2o1)C(F)(F)F. The number of carbonyl (C=O) groups is 1. The van der Waals surface area contributed by atoms with E-state index < -0.39 is 30.9 Å². The summed E-state index contributed by atoms with van der Waals surface area (Å²) < 4.78 is 48.2. The smallest absolute Gasteiger partial charge is 0.392 e. The molecule has 0 saturated heterocycles. The van der Waals surface area contributed by atoms with Crippen LogP contribution in [0.15, 0.2) is 28.7 Å². The van der Waals surface area contributed by atoms with Crippen molar-refractivity contribution >= 4 is 17.1 Å². The van der Waals surface area contributed by atoms with Crippen molar-refractivity contribution in [1.29, 1.82) is 0 Å². The molecule has 0 saturated carbocycles. The zero-order valence-corrected chi connectivity index (χ0v) is 10.6. The predicted octanol–water partition coefficient (Wildman–Crippen LogP) is 3.11. The van der Waals surface area contributed by atoms with Crippen molar-refractivity contribution in [3.63, 3.8) is 0 Å². The van der Waals surface area contributed by atoms with Crippen LogP contribution in [0.4, 0.5) is 13.2 Å². The molecule has 0 N–H and O–H groups in total. The lowest BCUT2D eigenvalue weighted by molar-refractivity contribution is -0.184. The van der Waals surface area contributed by atoms with Gasteiger partial charge in [0.2, 0.25) is 0 Å². The van der Waals surface area contributed by atoms with E-state index in [2.05, 4.69) is 9.72 Å². The number of hydrogen-bond donors (Lipinski definition) is 0. The molecular formula is C13H12F3NO3. The number of fused-ring (bicyclic) bond motifs is 1. The Morgan fingerprint density at radius 1 is 1.40 bits per heavy atom. The number of hydrogen-bond acceptors (Lipinski definition) is 4. The van der Waals surface area contributed by atoms with E-state index in [9.17, 15) is 18.0 Å². The van der Waals surface area contributed by atoms with Crippen LogP contribution in [0.1, 0.15) is 12.3 Å². The van der Waals surface area contributed by atoms with Gasteiger partial charge in [0.05, 0.1) is 19.4 Å². The summed E-state index contributed by atoms with van der Waals surface area (Å²) in [5, 5.41) is 0. The Kier molecular flexibility index (Phi) is 3.96. The predicted molar refractivity (Wildman–Crippen MR) is 63.9 cm³/mol. The van der Waals surface area contributed by atoms with E-state index in [1.807, 2.05) is 0 Å². The van der Waals surface area contributed by atoms with E-state index in [4.69, 9.17) is 4.42 Å². The van der Waals surface area contributed by atoms with Gasteiger partial charge in [-0.1, -0.05) is 12.1 Å². The van der Waals surface area contributed by atoms with Gasteiger partial charge in [0.15, 0.2) is 11.5 Å². The first-order valence-electron chi connectivity index (χ1n) is 5.88. The van der Waals surface area contributed by atoms with Crippen LogP contribution in [0.3, 0.4) is 0 Å². The highest BCUT2D eigenvalue weighted by molar-refractivity contribution is 5.72. The molecule has 0 aliphatic heterocycles. The Balaban J connectivity index is 2.20. The third-order valence-corrected chi connectivity index (χ3v) is 2.86. The molecule has 2 rings (SSSR count). The Hall–Kier alpha value is -2.05. The van der Waals surface area contributed by atoms with Gasteiger partial charge in [-0.25, -0.2) is 4.98 Å². The third kappa shape index (κ3) is 3.28. The fraction of sp³-hybridized carbons (Fsp3) is 0.385. The number of nitrogens with zero attached hydrogens (tertiary/aromatic N) is 1. The Bertz CT molecular complexity index is 573. The molecule has 4 nitrogen and oxygen atoms in total. The first-order valence-corrected chi connectivity index (χ1v) is 5.88. The van der Waals surface area contributed by atoms with Crippen LogP contribution in [0.5, 0.6) is 0 Å². The Labute approximate surface area is 112 Å². The van der Waals surface area contributed by atoms with Gasteiger partial charge >= 0.3 is 12.1 Å². The van der Waals surface area contributed by atoms with Crippen LogP contribution in [-0.4, -0.2) is 24.2 Å². The average Bonchev–Trinajstić information content (AvgIpc) is 2.79. The maximum absolute atomic E-state index is 12.9. The summed E-state index contributed by atoms with van der Waals surface area (Å²) in [4.78, 5) is 15.0. The van der Waals surface area contributed by atoms with Gasteiger partial charge < -0.3 is 9.15 Å². The van der Waals surface area contributed by atoms with Crippen LogP contribution in [-0.2, 0) is 16.0 Å². The summed E-state index contributed by atoms with van der Waals surface area (Å²) in [7, 11) is 1.05. The number of benzene rings is 1. The van der Waals surface area contributed by atoms with Crippen molar-refractivity contribution in [3.8, 4) is 0 Å². The highest BCUT2D eigenvalue weighted by Gasteiger charge is 2.42. The number of methoxy groups -OCH3 is 1. The van der Waals surface area contributed by atoms with Crippen molar-refractivity contribution in [2.24, 2.45) is 5.92 Å². The summed E-state index contributed by atoms with van der Waals surface area (Å²) in [5.41, 5.74) is 0.906. The molecule has 0 radical (unpaired) electrons. The number of para-hydroxylation sites is 2. The topological polar surface area (TPSA) is 52.3 Å². The van der Waals surface area contributed by atoms with Gasteiger partial charge in [-0.2, -0.15) is 13.2 Å². The number of esters is 1. The van der Waals surface area contributed by atoms with Gasteiger partial charge in [0.1, 0.15) is 5.52 Å². The number of aromatic nitrogens is 1. The Morgan fingerprint density at radius 3 is 2.70 bits per heavy atom. The normalized spacial score (nSPS) is 13.4. The van der Waals surface area contributed by atoms with E-state index >= 15 is 0 Å². The van der Waals surface area contributed by atoms with Gasteiger partial charge in [0.25, 0.3) is 0 Å². The molecule has 0 unspecified atom stereocenters. The van der Waals surface area contributed by atoms with Crippen molar-refractivity contribution in [1.82, 2.24) is 4.98 Å². The molecule has 0 fully saturated rings. The summed E-state index contributed by atoms with van der Waals surface area (Å²) >= 11 is 0. The molecule has 108 valence electrons. The van der Waals surface area contributed by atoms with Crippen LogP contribution >= 0.6 is 0 Å². The minimum atomic E-state index is -4.52. The minimum Gasteiger partial charge on any atom is -0.469 e. The molecule has 1 aromatic heterocycles. The molecule has 0 amide bonds. The molecular weight excluding hydrogens is 275 g/mol. The molecule has 2 aromatic rings. The fourth-order valence-corrected chi connectivity index (χ4v) is 1.81. The number of carbonyl (C=O) groups excluding carboxylic acids is 1. The standard InChI is InChI=1S/C13H12F3NO3/c1-19-12(18)7-8(13(14,15)16)6-11-17-9-4-2-3-5-10(9)20-11/h2-5,8H,6-7H2,1H3/t8-/m1/s1. The summed E-state index contributed by atoms with van der Waals surface area (Å²) in [5.74, 6) is -2.83. The summed E-state index contributed by atoms with van der Waals surface area (Å²) in [6, 6.07) is 6.68. The lowest BCUT2D eigenvalue weighted by Crippen LogP contribution is -2.28. The van der Waals surface area contributed by atoms with Crippen molar-refractivity contribution in [2.45, 2.75) is 19.0 Å². The van der Waals surface area contributed by atoms with Crippen molar-refractivity contribution < 1.29 is 27.1 Å². The molecule has 1 atom stereocenters. The molecule has 7 heteroatoms. The monoisotopic (exact) mass is 287 g/mol. The number of oxazole rings is 1. The van der Waals surface area contributed by atoms with Crippen molar-refractivity contribution in [3.05, 3.63) is 30.2 Å². The Morgan fingerprint density at radius 2 is 2.10 bits per heavy atom. The molecule has 20 heavy (non-hydrogen) atoms.